The van der Waals surface area contributed by atoms with Gasteiger partial charge in [-0.25, -0.2) is 14.4 Å². The molecule has 1 heterocycles. The van der Waals surface area contributed by atoms with Gasteiger partial charge in [-0.05, 0) is 11.8 Å². The second kappa shape index (κ2) is 6.74. The number of ether oxygens (including phenoxy) is 2. The van der Waals surface area contributed by atoms with Crippen LogP contribution in [0.1, 0.15) is 27.2 Å². The van der Waals surface area contributed by atoms with Gasteiger partial charge in [-0.1, -0.05) is 27.4 Å². The third-order valence-electron chi connectivity index (χ3n) is 1.77. The molecule has 0 saturated carbocycles. The molecular formula is C13H18O5. The van der Waals surface area contributed by atoms with Gasteiger partial charge >= 0.3 is 17.9 Å². The molecule has 0 atom stereocenters. The smallest absolute Gasteiger partial charge is 0.338 e. The third-order valence-corrected chi connectivity index (χ3v) is 1.77. The second-order valence-electron chi connectivity index (χ2n) is 4.91. The summed E-state index contributed by atoms with van der Waals surface area (Å²) in [6, 6.07) is 0. The van der Waals surface area contributed by atoms with Crippen molar-refractivity contribution >= 4 is 17.9 Å². The Bertz CT molecular complexity index is 369. The van der Waals surface area contributed by atoms with Crippen LogP contribution in [0.4, 0.5) is 0 Å². The zero-order valence-corrected chi connectivity index (χ0v) is 11.1. The van der Waals surface area contributed by atoms with E-state index in [0.717, 1.165) is 12.2 Å². The minimum atomic E-state index is -0.579. The molecule has 0 radical (unpaired) electrons. The zero-order chi connectivity index (χ0) is 14.3. The molecule has 0 amide bonds. The van der Waals surface area contributed by atoms with Crippen molar-refractivity contribution in [1.82, 2.24) is 0 Å². The van der Waals surface area contributed by atoms with Crippen molar-refractivity contribution in [3.05, 3.63) is 24.3 Å². The van der Waals surface area contributed by atoms with Crippen molar-refractivity contribution in [1.29, 1.82) is 0 Å². The molecule has 18 heavy (non-hydrogen) atoms. The van der Waals surface area contributed by atoms with E-state index in [2.05, 4.69) is 36.8 Å². The van der Waals surface area contributed by atoms with Crippen molar-refractivity contribution in [3.63, 3.8) is 0 Å². The Balaban J connectivity index is 0.000000351. The zero-order valence-electron chi connectivity index (χ0n) is 11.1. The van der Waals surface area contributed by atoms with Crippen LogP contribution in [0, 0.1) is 5.41 Å². The lowest BCUT2D eigenvalue weighted by Gasteiger charge is -2.17. The molecule has 0 aromatic carbocycles. The summed E-state index contributed by atoms with van der Waals surface area (Å²) in [6.07, 6.45) is 2.85. The monoisotopic (exact) mass is 254 g/mol. The number of esters is 3. The van der Waals surface area contributed by atoms with Gasteiger partial charge in [0.25, 0.3) is 0 Å². The van der Waals surface area contributed by atoms with Crippen LogP contribution in [0.25, 0.3) is 0 Å². The Labute approximate surface area is 106 Å². The van der Waals surface area contributed by atoms with Crippen LogP contribution >= 0.6 is 0 Å². The van der Waals surface area contributed by atoms with Gasteiger partial charge in [-0.3, -0.25) is 0 Å². The number of cyclic esters (lactones) is 2. The molecule has 5 nitrogen and oxygen atoms in total. The molecule has 0 aromatic heterocycles. The van der Waals surface area contributed by atoms with Gasteiger partial charge in [-0.2, -0.15) is 0 Å². The summed E-state index contributed by atoms with van der Waals surface area (Å²) in [4.78, 5) is 30.7. The Morgan fingerprint density at radius 2 is 1.72 bits per heavy atom. The molecule has 100 valence electrons. The quantitative estimate of drug-likeness (QED) is 0.427. The van der Waals surface area contributed by atoms with Crippen molar-refractivity contribution in [2.45, 2.75) is 27.2 Å². The molecule has 1 aliphatic heterocycles. The molecule has 1 rings (SSSR count). The van der Waals surface area contributed by atoms with Crippen LogP contribution < -0.4 is 0 Å². The van der Waals surface area contributed by atoms with Crippen LogP contribution in [0.3, 0.4) is 0 Å². The first-order valence-corrected chi connectivity index (χ1v) is 5.35. The summed E-state index contributed by atoms with van der Waals surface area (Å²) < 4.78 is 8.49. The molecule has 1 aliphatic rings. The highest BCUT2D eigenvalue weighted by molar-refractivity contribution is 6.04. The van der Waals surface area contributed by atoms with Crippen LogP contribution in [-0.2, 0) is 23.9 Å². The van der Waals surface area contributed by atoms with Gasteiger partial charge < -0.3 is 9.47 Å². The lowest BCUT2D eigenvalue weighted by atomic mass is 9.88. The van der Waals surface area contributed by atoms with Crippen LogP contribution in [0.5, 0.6) is 0 Å². The van der Waals surface area contributed by atoms with Gasteiger partial charge in [0.15, 0.2) is 0 Å². The minimum Gasteiger partial charge on any atom is -0.466 e. The number of rotatable bonds is 2. The lowest BCUT2D eigenvalue weighted by Crippen LogP contribution is -2.12. The van der Waals surface area contributed by atoms with E-state index >= 15 is 0 Å². The molecule has 0 saturated heterocycles. The lowest BCUT2D eigenvalue weighted by molar-refractivity contribution is -0.150. The van der Waals surface area contributed by atoms with E-state index in [9.17, 15) is 14.4 Å². The number of carbonyl (C=O) groups excluding carboxylic acids is 3. The Hall–Kier alpha value is -1.91. The first-order chi connectivity index (χ1) is 8.15. The summed E-state index contributed by atoms with van der Waals surface area (Å²) in [7, 11) is 1.37. The molecule has 0 aliphatic carbocycles. The molecule has 5 heteroatoms. The average Bonchev–Trinajstić information content (AvgIpc) is 2.59. The fraction of sp³-hybridized carbons (Fsp3) is 0.462. The van der Waals surface area contributed by atoms with E-state index in [1.807, 2.05) is 0 Å². The van der Waals surface area contributed by atoms with Crippen molar-refractivity contribution in [2.75, 3.05) is 7.11 Å². The van der Waals surface area contributed by atoms with Crippen LogP contribution in [0.2, 0.25) is 0 Å². The predicted molar refractivity (Wildman–Crippen MR) is 65.5 cm³/mol. The fourth-order valence-electron chi connectivity index (χ4n) is 1.16. The summed E-state index contributed by atoms with van der Waals surface area (Å²) in [5.41, 5.74) is 0.644. The highest BCUT2D eigenvalue weighted by Gasteiger charge is 2.16. The SMILES string of the molecule is C=C(CC(C)(C)C)C(=O)OC.O=C1C=CC(=O)O1. The summed E-state index contributed by atoms with van der Waals surface area (Å²) >= 11 is 0. The fourth-order valence-corrected chi connectivity index (χ4v) is 1.16. The summed E-state index contributed by atoms with van der Waals surface area (Å²) in [5, 5.41) is 0. The Morgan fingerprint density at radius 1 is 1.28 bits per heavy atom. The highest BCUT2D eigenvalue weighted by Crippen LogP contribution is 2.23. The van der Waals surface area contributed by atoms with Crippen LogP contribution in [0.15, 0.2) is 24.3 Å². The Morgan fingerprint density at radius 3 is 1.94 bits per heavy atom. The van der Waals surface area contributed by atoms with Gasteiger partial charge in [0.2, 0.25) is 0 Å². The number of hydrogen-bond acceptors (Lipinski definition) is 5. The molecule has 0 unspecified atom stereocenters. The highest BCUT2D eigenvalue weighted by atomic mass is 16.6. The largest absolute Gasteiger partial charge is 0.466 e. The summed E-state index contributed by atoms with van der Waals surface area (Å²) in [6.45, 7) is 9.81. The molecule has 0 spiro atoms. The van der Waals surface area contributed by atoms with Crippen LogP contribution in [-0.4, -0.2) is 25.0 Å². The second-order valence-corrected chi connectivity index (χ2v) is 4.91. The van der Waals surface area contributed by atoms with E-state index in [0.29, 0.717) is 12.0 Å². The minimum absolute atomic E-state index is 0.102. The molecule has 0 aromatic rings. The maximum Gasteiger partial charge on any atom is 0.338 e. The van der Waals surface area contributed by atoms with Crippen molar-refractivity contribution in [3.8, 4) is 0 Å². The molecule has 0 bridgehead atoms. The average molecular weight is 254 g/mol. The first-order valence-electron chi connectivity index (χ1n) is 5.35. The van der Waals surface area contributed by atoms with Gasteiger partial charge in [0, 0.05) is 17.7 Å². The van der Waals surface area contributed by atoms with Crippen molar-refractivity contribution in [2.24, 2.45) is 5.41 Å². The first kappa shape index (κ1) is 16.1. The van der Waals surface area contributed by atoms with E-state index in [-0.39, 0.29) is 11.4 Å². The number of methoxy groups -OCH3 is 1. The van der Waals surface area contributed by atoms with Crippen molar-refractivity contribution < 1.29 is 23.9 Å². The Kier molecular flexibility index (Phi) is 6.02. The van der Waals surface area contributed by atoms with E-state index in [4.69, 9.17) is 0 Å². The number of carbonyl (C=O) groups is 3. The topological polar surface area (TPSA) is 69.7 Å². The maximum absolute atomic E-state index is 10.9. The molecule has 0 fully saturated rings. The predicted octanol–water partition coefficient (Wildman–Crippen LogP) is 1.78. The number of hydrogen-bond donors (Lipinski definition) is 0. The maximum atomic E-state index is 10.9. The summed E-state index contributed by atoms with van der Waals surface area (Å²) in [5.74, 6) is -1.46. The molecular weight excluding hydrogens is 236 g/mol. The standard InChI is InChI=1S/C9H16O2.C4H2O3/c1-7(8(10)11-5)6-9(2,3)4;5-3-1-2-4(6)7-3/h1,6H2,2-5H3;1-2H. The van der Waals surface area contributed by atoms with E-state index < -0.39 is 11.9 Å². The van der Waals surface area contributed by atoms with Gasteiger partial charge in [0.05, 0.1) is 7.11 Å². The van der Waals surface area contributed by atoms with Gasteiger partial charge in [-0.15, -0.1) is 0 Å². The normalized spacial score (nSPS) is 13.6. The van der Waals surface area contributed by atoms with Gasteiger partial charge in [0.1, 0.15) is 0 Å². The van der Waals surface area contributed by atoms with E-state index in [1.54, 1.807) is 0 Å². The molecule has 0 N–H and O–H groups in total. The van der Waals surface area contributed by atoms with E-state index in [1.165, 1.54) is 7.11 Å². The third kappa shape index (κ3) is 7.38.